The fraction of sp³-hybridized carbons (Fsp3) is 0.120. The lowest BCUT2D eigenvalue weighted by atomic mass is 10.1. The molecule has 0 atom stereocenters. The van der Waals surface area contributed by atoms with Gasteiger partial charge in [0.1, 0.15) is 12.4 Å². The van der Waals surface area contributed by atoms with E-state index in [1.165, 1.54) is 0 Å². The van der Waals surface area contributed by atoms with Crippen LogP contribution in [0.5, 0.6) is 5.75 Å². The van der Waals surface area contributed by atoms with E-state index in [4.69, 9.17) is 4.74 Å². The minimum atomic E-state index is -0.220. The largest absolute Gasteiger partial charge is 0.489 e. The number of nitrogens with one attached hydrogen (secondary N) is 2. The minimum Gasteiger partial charge on any atom is -0.489 e. The molecule has 0 spiro atoms. The first-order valence-corrected chi connectivity index (χ1v) is 9.58. The molecular weight excluding hydrogens is 376 g/mol. The van der Waals surface area contributed by atoms with Crippen LogP contribution in [0.1, 0.15) is 33.2 Å². The molecule has 3 aromatic carbocycles. The summed E-state index contributed by atoms with van der Waals surface area (Å²) in [6, 6.07) is 21.3. The van der Waals surface area contributed by atoms with Gasteiger partial charge in [0, 0.05) is 22.5 Å². The third-order valence-electron chi connectivity index (χ3n) is 4.37. The molecule has 0 fully saturated rings. The highest BCUT2D eigenvalue weighted by atomic mass is 16.5. The van der Waals surface area contributed by atoms with Gasteiger partial charge in [-0.3, -0.25) is 9.59 Å². The summed E-state index contributed by atoms with van der Waals surface area (Å²) in [6.07, 6.45) is 0. The quantitative estimate of drug-likeness (QED) is 0.518. The van der Waals surface area contributed by atoms with Crippen LogP contribution in [0.3, 0.4) is 0 Å². The van der Waals surface area contributed by atoms with Crippen LogP contribution in [0.2, 0.25) is 0 Å². The van der Waals surface area contributed by atoms with Crippen molar-refractivity contribution in [2.24, 2.45) is 0 Å². The molecule has 3 aromatic rings. The molecule has 30 heavy (non-hydrogen) atoms. The van der Waals surface area contributed by atoms with Gasteiger partial charge in [0.2, 0.25) is 0 Å². The maximum atomic E-state index is 12.5. The zero-order chi connectivity index (χ0) is 21.5. The van der Waals surface area contributed by atoms with Crippen LogP contribution in [0.15, 0.2) is 84.9 Å². The predicted octanol–water partition coefficient (Wildman–Crippen LogP) is 5.45. The lowest BCUT2D eigenvalue weighted by Gasteiger charge is -2.12. The number of hydrogen-bond donors (Lipinski definition) is 2. The van der Waals surface area contributed by atoms with Gasteiger partial charge in [0.05, 0.1) is 0 Å². The Labute approximate surface area is 176 Å². The van der Waals surface area contributed by atoms with Crippen molar-refractivity contribution in [3.63, 3.8) is 0 Å². The summed E-state index contributed by atoms with van der Waals surface area (Å²) >= 11 is 0. The Kier molecular flexibility index (Phi) is 6.65. The maximum Gasteiger partial charge on any atom is 0.255 e. The van der Waals surface area contributed by atoms with Gasteiger partial charge >= 0.3 is 0 Å². The standard InChI is InChI=1S/C25H24N2O3/c1-17(2)16-30-22-12-9-20(10-13-22)24(28)26-21-11-14-23(18(3)15-21)27-25(29)19-7-5-4-6-8-19/h4-15H,1,16H2,2-3H3,(H,26,28)(H,27,29). The SMILES string of the molecule is C=C(C)COc1ccc(C(=O)Nc2ccc(NC(=O)c3ccccc3)c(C)c2)cc1. The third-order valence-corrected chi connectivity index (χ3v) is 4.37. The molecule has 2 N–H and O–H groups in total. The molecule has 0 radical (unpaired) electrons. The summed E-state index contributed by atoms with van der Waals surface area (Å²) < 4.78 is 5.55. The minimum absolute atomic E-state index is 0.176. The molecule has 5 heteroatoms. The smallest absolute Gasteiger partial charge is 0.255 e. The number of ether oxygens (including phenoxy) is 1. The van der Waals surface area contributed by atoms with E-state index < -0.39 is 0 Å². The van der Waals surface area contributed by atoms with Gasteiger partial charge in [0.25, 0.3) is 11.8 Å². The van der Waals surface area contributed by atoms with E-state index in [2.05, 4.69) is 17.2 Å². The first-order valence-electron chi connectivity index (χ1n) is 9.58. The van der Waals surface area contributed by atoms with Crippen molar-refractivity contribution >= 4 is 23.2 Å². The van der Waals surface area contributed by atoms with Crippen molar-refractivity contribution in [2.45, 2.75) is 13.8 Å². The number of amides is 2. The van der Waals surface area contributed by atoms with E-state index in [1.54, 1.807) is 48.5 Å². The second-order valence-corrected chi connectivity index (χ2v) is 7.07. The Morgan fingerprint density at radius 2 is 1.50 bits per heavy atom. The third kappa shape index (κ3) is 5.58. The summed E-state index contributed by atoms with van der Waals surface area (Å²) in [4.78, 5) is 24.8. The highest BCUT2D eigenvalue weighted by molar-refractivity contribution is 6.06. The molecule has 0 aliphatic carbocycles. The van der Waals surface area contributed by atoms with Crippen LogP contribution in [-0.4, -0.2) is 18.4 Å². The van der Waals surface area contributed by atoms with Gasteiger partial charge < -0.3 is 15.4 Å². The fourth-order valence-electron chi connectivity index (χ4n) is 2.78. The van der Waals surface area contributed by atoms with E-state index >= 15 is 0 Å². The first kappa shape index (κ1) is 20.9. The molecule has 3 rings (SSSR count). The lowest BCUT2D eigenvalue weighted by Crippen LogP contribution is -2.14. The molecule has 0 bridgehead atoms. The number of hydrogen-bond acceptors (Lipinski definition) is 3. The van der Waals surface area contributed by atoms with Crippen LogP contribution >= 0.6 is 0 Å². The average Bonchev–Trinajstić information content (AvgIpc) is 2.75. The van der Waals surface area contributed by atoms with Gasteiger partial charge in [-0.2, -0.15) is 0 Å². The van der Waals surface area contributed by atoms with Gasteiger partial charge in [-0.25, -0.2) is 0 Å². The second-order valence-electron chi connectivity index (χ2n) is 7.07. The predicted molar refractivity (Wildman–Crippen MR) is 120 cm³/mol. The van der Waals surface area contributed by atoms with Gasteiger partial charge in [-0.1, -0.05) is 24.8 Å². The highest BCUT2D eigenvalue weighted by Crippen LogP contribution is 2.21. The van der Waals surface area contributed by atoms with Crippen LogP contribution in [-0.2, 0) is 0 Å². The molecule has 152 valence electrons. The molecule has 0 aliphatic heterocycles. The molecule has 0 saturated carbocycles. The average molecular weight is 400 g/mol. The summed E-state index contributed by atoms with van der Waals surface area (Å²) in [5, 5.41) is 5.77. The summed E-state index contributed by atoms with van der Waals surface area (Å²) in [5.74, 6) is 0.287. The van der Waals surface area contributed by atoms with E-state index in [0.717, 1.165) is 11.1 Å². The fourth-order valence-corrected chi connectivity index (χ4v) is 2.78. The number of carbonyl (C=O) groups is 2. The molecule has 0 aliphatic rings. The van der Waals surface area contributed by atoms with E-state index in [9.17, 15) is 9.59 Å². The second kappa shape index (κ2) is 9.56. The van der Waals surface area contributed by atoms with Crippen LogP contribution in [0.4, 0.5) is 11.4 Å². The summed E-state index contributed by atoms with van der Waals surface area (Å²) in [6.45, 7) is 8.01. The molecule has 2 amide bonds. The normalized spacial score (nSPS) is 10.2. The van der Waals surface area contributed by atoms with Crippen LogP contribution in [0, 0.1) is 6.92 Å². The molecule has 5 nitrogen and oxygen atoms in total. The Balaban J connectivity index is 1.63. The number of rotatable bonds is 7. The monoisotopic (exact) mass is 400 g/mol. The van der Waals surface area contributed by atoms with E-state index in [0.29, 0.717) is 34.9 Å². The van der Waals surface area contributed by atoms with Crippen LogP contribution in [0.25, 0.3) is 0 Å². The first-order chi connectivity index (χ1) is 14.4. The number of anilines is 2. The molecule has 0 heterocycles. The Bertz CT molecular complexity index is 1060. The van der Waals surface area contributed by atoms with Crippen molar-refractivity contribution in [1.82, 2.24) is 0 Å². The zero-order valence-corrected chi connectivity index (χ0v) is 17.1. The van der Waals surface area contributed by atoms with Gasteiger partial charge in [0.15, 0.2) is 0 Å². The van der Waals surface area contributed by atoms with Gasteiger partial charge in [-0.05, 0) is 79.6 Å². The maximum absolute atomic E-state index is 12.5. The molecule has 0 unspecified atom stereocenters. The van der Waals surface area contributed by atoms with Crippen molar-refractivity contribution in [1.29, 1.82) is 0 Å². The van der Waals surface area contributed by atoms with E-state index in [1.807, 2.05) is 38.1 Å². The number of aryl methyl sites for hydroxylation is 1. The highest BCUT2D eigenvalue weighted by Gasteiger charge is 2.10. The Morgan fingerprint density at radius 1 is 0.867 bits per heavy atom. The lowest BCUT2D eigenvalue weighted by molar-refractivity contribution is 0.101. The Hall–Kier alpha value is -3.86. The van der Waals surface area contributed by atoms with Crippen molar-refractivity contribution in [3.8, 4) is 5.75 Å². The van der Waals surface area contributed by atoms with Crippen molar-refractivity contribution in [2.75, 3.05) is 17.2 Å². The number of carbonyl (C=O) groups excluding carboxylic acids is 2. The molecule has 0 saturated heterocycles. The van der Waals surface area contributed by atoms with Crippen LogP contribution < -0.4 is 15.4 Å². The summed E-state index contributed by atoms with van der Waals surface area (Å²) in [5.41, 5.74) is 4.23. The van der Waals surface area contributed by atoms with Crippen molar-refractivity contribution in [3.05, 3.63) is 102 Å². The molecular formula is C25H24N2O3. The van der Waals surface area contributed by atoms with E-state index in [-0.39, 0.29) is 11.8 Å². The summed E-state index contributed by atoms with van der Waals surface area (Å²) in [7, 11) is 0. The zero-order valence-electron chi connectivity index (χ0n) is 17.1. The Morgan fingerprint density at radius 3 is 2.13 bits per heavy atom. The topological polar surface area (TPSA) is 67.4 Å². The van der Waals surface area contributed by atoms with Crippen molar-refractivity contribution < 1.29 is 14.3 Å². The number of benzene rings is 3. The van der Waals surface area contributed by atoms with Gasteiger partial charge in [-0.15, -0.1) is 0 Å². The molecule has 0 aromatic heterocycles.